The third-order valence-corrected chi connectivity index (χ3v) is 2.64. The van der Waals surface area contributed by atoms with Gasteiger partial charge in [-0.25, -0.2) is 9.50 Å². The molecule has 3 rings (SSSR count). The lowest BCUT2D eigenvalue weighted by atomic mass is 10.2. The predicted molar refractivity (Wildman–Crippen MR) is 60.2 cm³/mol. The Morgan fingerprint density at radius 2 is 2.25 bits per heavy atom. The summed E-state index contributed by atoms with van der Waals surface area (Å²) in [4.78, 5) is 4.05. The van der Waals surface area contributed by atoms with E-state index in [4.69, 9.17) is 11.6 Å². The van der Waals surface area contributed by atoms with E-state index in [1.807, 2.05) is 19.2 Å². The van der Waals surface area contributed by atoms with Gasteiger partial charge in [0.05, 0.1) is 17.4 Å². The van der Waals surface area contributed by atoms with Gasteiger partial charge in [-0.2, -0.15) is 10.2 Å². The molecule has 0 aromatic carbocycles. The van der Waals surface area contributed by atoms with E-state index in [0.717, 1.165) is 16.8 Å². The van der Waals surface area contributed by atoms with Crippen molar-refractivity contribution in [1.29, 1.82) is 0 Å². The van der Waals surface area contributed by atoms with Crippen molar-refractivity contribution in [2.24, 2.45) is 7.05 Å². The van der Waals surface area contributed by atoms with Crippen molar-refractivity contribution in [3.63, 3.8) is 0 Å². The fourth-order valence-electron chi connectivity index (χ4n) is 1.73. The van der Waals surface area contributed by atoms with Crippen LogP contribution >= 0.6 is 11.6 Å². The van der Waals surface area contributed by atoms with Gasteiger partial charge in [0.25, 0.3) is 0 Å². The molecule has 0 amide bonds. The van der Waals surface area contributed by atoms with E-state index >= 15 is 0 Å². The summed E-state index contributed by atoms with van der Waals surface area (Å²) >= 11 is 5.96. The number of aryl methyl sites for hydroxylation is 1. The van der Waals surface area contributed by atoms with E-state index in [9.17, 15) is 0 Å². The molecule has 0 radical (unpaired) electrons. The van der Waals surface area contributed by atoms with Crippen molar-refractivity contribution in [2.45, 2.75) is 0 Å². The molecule has 0 fully saturated rings. The molecule has 3 aromatic rings. The van der Waals surface area contributed by atoms with Gasteiger partial charge in [0.1, 0.15) is 6.33 Å². The van der Waals surface area contributed by atoms with Crippen LogP contribution in [0.3, 0.4) is 0 Å². The molecule has 0 saturated carbocycles. The molecule has 80 valence electrons. The first-order valence-corrected chi connectivity index (χ1v) is 5.11. The maximum atomic E-state index is 5.96. The largest absolute Gasteiger partial charge is 0.268 e. The minimum Gasteiger partial charge on any atom is -0.268 e. The fraction of sp³-hybridized carbons (Fsp3) is 0.100. The molecule has 0 aliphatic carbocycles. The lowest BCUT2D eigenvalue weighted by molar-refractivity contribution is 0.775. The van der Waals surface area contributed by atoms with Crippen LogP contribution in [-0.4, -0.2) is 24.4 Å². The van der Waals surface area contributed by atoms with Gasteiger partial charge >= 0.3 is 0 Å². The number of halogens is 1. The third kappa shape index (κ3) is 1.29. The Bertz CT molecular complexity index is 654. The van der Waals surface area contributed by atoms with Gasteiger partial charge in [0.2, 0.25) is 0 Å². The van der Waals surface area contributed by atoms with E-state index in [1.165, 1.54) is 0 Å². The third-order valence-electron chi connectivity index (χ3n) is 2.46. The Labute approximate surface area is 96.3 Å². The van der Waals surface area contributed by atoms with Crippen molar-refractivity contribution >= 4 is 17.1 Å². The van der Waals surface area contributed by atoms with Gasteiger partial charge in [-0.15, -0.1) is 0 Å². The smallest absolute Gasteiger partial charge is 0.150 e. The molecule has 0 aliphatic rings. The summed E-state index contributed by atoms with van der Waals surface area (Å²) in [5.74, 6) is 0. The number of aromatic nitrogens is 5. The zero-order valence-electron chi connectivity index (χ0n) is 8.50. The van der Waals surface area contributed by atoms with Crippen LogP contribution in [0.25, 0.3) is 16.8 Å². The second-order valence-corrected chi connectivity index (χ2v) is 3.83. The average molecular weight is 234 g/mol. The normalized spacial score (nSPS) is 11.1. The number of hydrogen-bond donors (Lipinski definition) is 0. The fourth-order valence-corrected chi connectivity index (χ4v) is 1.92. The lowest BCUT2D eigenvalue weighted by Gasteiger charge is -2.04. The maximum absolute atomic E-state index is 5.96. The molecule has 5 nitrogen and oxygen atoms in total. The highest BCUT2D eigenvalue weighted by Crippen LogP contribution is 2.25. The molecule has 6 heteroatoms. The first-order chi connectivity index (χ1) is 7.75. The molecule has 0 saturated heterocycles. The molecular formula is C10H8ClN5. The summed E-state index contributed by atoms with van der Waals surface area (Å²) in [5, 5.41) is 8.70. The van der Waals surface area contributed by atoms with Crippen molar-refractivity contribution in [3.05, 3.63) is 36.0 Å². The second kappa shape index (κ2) is 3.31. The topological polar surface area (TPSA) is 48.0 Å². The van der Waals surface area contributed by atoms with Crippen molar-refractivity contribution in [3.8, 4) is 11.3 Å². The van der Waals surface area contributed by atoms with Gasteiger partial charge < -0.3 is 0 Å². The van der Waals surface area contributed by atoms with Gasteiger partial charge in [-0.3, -0.25) is 4.68 Å². The molecule has 0 atom stereocenters. The van der Waals surface area contributed by atoms with Crippen LogP contribution in [0.4, 0.5) is 0 Å². The summed E-state index contributed by atoms with van der Waals surface area (Å²) in [6.07, 6.45) is 5.13. The average Bonchev–Trinajstić information content (AvgIpc) is 2.84. The first-order valence-electron chi connectivity index (χ1n) is 4.73. The highest BCUT2D eigenvalue weighted by atomic mass is 35.5. The Morgan fingerprint density at radius 1 is 1.38 bits per heavy atom. The molecule has 0 N–H and O–H groups in total. The van der Waals surface area contributed by atoms with Crippen LogP contribution in [0.1, 0.15) is 0 Å². The number of hydrogen-bond acceptors (Lipinski definition) is 3. The molecule has 16 heavy (non-hydrogen) atoms. The summed E-state index contributed by atoms with van der Waals surface area (Å²) in [7, 11) is 1.89. The van der Waals surface area contributed by atoms with Crippen LogP contribution < -0.4 is 0 Å². The predicted octanol–water partition coefficient (Wildman–Crippen LogP) is 1.78. The molecule has 0 unspecified atom stereocenters. The second-order valence-electron chi connectivity index (χ2n) is 3.44. The van der Waals surface area contributed by atoms with E-state index in [-0.39, 0.29) is 0 Å². The summed E-state index contributed by atoms with van der Waals surface area (Å²) in [6.45, 7) is 0. The number of imidazole rings is 1. The summed E-state index contributed by atoms with van der Waals surface area (Å²) < 4.78 is 3.45. The van der Waals surface area contributed by atoms with Crippen molar-refractivity contribution < 1.29 is 0 Å². The van der Waals surface area contributed by atoms with Crippen LogP contribution in [0.2, 0.25) is 5.15 Å². The Hall–Kier alpha value is -1.88. The van der Waals surface area contributed by atoms with Gasteiger partial charge in [-0.05, 0) is 12.1 Å². The molecule has 0 aliphatic heterocycles. The number of nitrogens with zero attached hydrogens (tertiary/aromatic N) is 5. The quantitative estimate of drug-likeness (QED) is 0.644. The van der Waals surface area contributed by atoms with Crippen LogP contribution in [0, 0.1) is 0 Å². The van der Waals surface area contributed by atoms with E-state index in [1.54, 1.807) is 27.9 Å². The Kier molecular flexibility index (Phi) is 1.94. The van der Waals surface area contributed by atoms with Crippen molar-refractivity contribution in [2.75, 3.05) is 0 Å². The van der Waals surface area contributed by atoms with E-state index < -0.39 is 0 Å². The van der Waals surface area contributed by atoms with Gasteiger partial charge in [0.15, 0.2) is 5.15 Å². The summed E-state index contributed by atoms with van der Waals surface area (Å²) in [6, 6.07) is 3.74. The molecule has 0 bridgehead atoms. The minimum absolute atomic E-state index is 0.432. The highest BCUT2D eigenvalue weighted by Gasteiger charge is 2.10. The number of rotatable bonds is 1. The lowest BCUT2D eigenvalue weighted by Crippen LogP contribution is -1.97. The van der Waals surface area contributed by atoms with E-state index in [2.05, 4.69) is 15.2 Å². The van der Waals surface area contributed by atoms with Crippen molar-refractivity contribution in [1.82, 2.24) is 24.4 Å². The SMILES string of the molecule is Cn1nccc1-c1cc(Cl)nn2cncc12. The van der Waals surface area contributed by atoms with Gasteiger partial charge in [0, 0.05) is 18.8 Å². The molecule has 3 aromatic heterocycles. The van der Waals surface area contributed by atoms with Gasteiger partial charge in [-0.1, -0.05) is 11.6 Å². The summed E-state index contributed by atoms with van der Waals surface area (Å²) in [5.41, 5.74) is 2.86. The standard InChI is InChI=1S/C10H8ClN5/c1-15-8(2-3-13-15)7-4-10(11)14-16-6-12-5-9(7)16/h2-6H,1H3. The zero-order valence-corrected chi connectivity index (χ0v) is 9.26. The molecular weight excluding hydrogens is 226 g/mol. The first kappa shape index (κ1) is 9.35. The van der Waals surface area contributed by atoms with Crippen LogP contribution in [0.15, 0.2) is 30.9 Å². The highest BCUT2D eigenvalue weighted by molar-refractivity contribution is 6.29. The molecule has 0 spiro atoms. The molecule has 3 heterocycles. The van der Waals surface area contributed by atoms with E-state index in [0.29, 0.717) is 5.15 Å². The maximum Gasteiger partial charge on any atom is 0.150 e. The Morgan fingerprint density at radius 3 is 3.00 bits per heavy atom. The number of fused-ring (bicyclic) bond motifs is 1. The van der Waals surface area contributed by atoms with Crippen LogP contribution in [0.5, 0.6) is 0 Å². The zero-order chi connectivity index (χ0) is 11.1. The van der Waals surface area contributed by atoms with Crippen LogP contribution in [-0.2, 0) is 7.05 Å². The monoisotopic (exact) mass is 233 g/mol. The Balaban J connectivity index is 2.38. The minimum atomic E-state index is 0.432.